The van der Waals surface area contributed by atoms with E-state index in [-0.39, 0.29) is 16.7 Å². The number of benzene rings is 1. The van der Waals surface area contributed by atoms with Gasteiger partial charge in [-0.05, 0) is 37.6 Å². The second-order valence-electron chi connectivity index (χ2n) is 4.69. The van der Waals surface area contributed by atoms with E-state index in [1.165, 1.54) is 22.9 Å². The summed E-state index contributed by atoms with van der Waals surface area (Å²) < 4.78 is 30.1. The van der Waals surface area contributed by atoms with Crippen LogP contribution >= 0.6 is 11.6 Å². The number of hydrogen-bond donors (Lipinski definition) is 1. The van der Waals surface area contributed by atoms with Crippen molar-refractivity contribution in [3.8, 4) is 5.75 Å². The molecule has 0 bridgehead atoms. The summed E-state index contributed by atoms with van der Waals surface area (Å²) in [7, 11) is 0. The Labute approximate surface area is 130 Å². The highest BCUT2D eigenvalue weighted by Crippen LogP contribution is 2.29. The van der Waals surface area contributed by atoms with E-state index in [9.17, 15) is 13.6 Å². The van der Waals surface area contributed by atoms with E-state index in [2.05, 4.69) is 15.2 Å². The Kier molecular flexibility index (Phi) is 4.97. The highest BCUT2D eigenvalue weighted by Gasteiger charge is 2.16. The van der Waals surface area contributed by atoms with Gasteiger partial charge in [-0.2, -0.15) is 13.9 Å². The van der Waals surface area contributed by atoms with Crippen molar-refractivity contribution in [2.45, 2.75) is 26.5 Å². The van der Waals surface area contributed by atoms with Crippen molar-refractivity contribution in [1.82, 2.24) is 9.78 Å². The van der Waals surface area contributed by atoms with Crippen molar-refractivity contribution in [2.24, 2.45) is 0 Å². The van der Waals surface area contributed by atoms with Crippen LogP contribution in [0.4, 0.5) is 14.5 Å². The molecular weight excluding hydrogens is 316 g/mol. The largest absolute Gasteiger partial charge is 0.433 e. The van der Waals surface area contributed by atoms with Gasteiger partial charge in [0.15, 0.2) is 0 Å². The van der Waals surface area contributed by atoms with Crippen molar-refractivity contribution in [2.75, 3.05) is 5.32 Å². The first-order valence-electron chi connectivity index (χ1n) is 6.43. The zero-order valence-electron chi connectivity index (χ0n) is 11.9. The molecule has 1 N–H and O–H groups in total. The lowest BCUT2D eigenvalue weighted by molar-refractivity contribution is -0.119. The second kappa shape index (κ2) is 6.74. The third-order valence-electron chi connectivity index (χ3n) is 2.92. The van der Waals surface area contributed by atoms with Gasteiger partial charge in [-0.15, -0.1) is 0 Å². The van der Waals surface area contributed by atoms with Crippen LogP contribution in [0.5, 0.6) is 5.75 Å². The van der Waals surface area contributed by atoms with Gasteiger partial charge in [-0.25, -0.2) is 0 Å². The van der Waals surface area contributed by atoms with Gasteiger partial charge in [-0.3, -0.25) is 9.48 Å². The molecule has 0 saturated carbocycles. The number of nitrogens with one attached hydrogen (secondary N) is 1. The molecule has 1 unspecified atom stereocenters. The van der Waals surface area contributed by atoms with Crippen LogP contribution in [-0.4, -0.2) is 22.3 Å². The van der Waals surface area contributed by atoms with Crippen LogP contribution in [0.25, 0.3) is 0 Å². The number of aromatic nitrogens is 2. The van der Waals surface area contributed by atoms with Gasteiger partial charge in [0.1, 0.15) is 11.8 Å². The maximum Gasteiger partial charge on any atom is 0.387 e. The molecule has 118 valence electrons. The topological polar surface area (TPSA) is 56.2 Å². The molecule has 1 amide bonds. The first-order chi connectivity index (χ1) is 10.4. The van der Waals surface area contributed by atoms with E-state index in [1.807, 2.05) is 6.92 Å². The monoisotopic (exact) mass is 329 g/mol. The second-order valence-corrected chi connectivity index (χ2v) is 5.09. The van der Waals surface area contributed by atoms with E-state index in [4.69, 9.17) is 11.6 Å². The van der Waals surface area contributed by atoms with Crippen molar-refractivity contribution < 1.29 is 18.3 Å². The molecule has 2 rings (SSSR count). The van der Waals surface area contributed by atoms with E-state index in [0.717, 1.165) is 5.56 Å². The summed E-state index contributed by atoms with van der Waals surface area (Å²) in [6.07, 6.45) is 3.40. The summed E-state index contributed by atoms with van der Waals surface area (Å²) >= 11 is 5.83. The Morgan fingerprint density at radius 3 is 2.73 bits per heavy atom. The molecule has 8 heteroatoms. The fourth-order valence-corrected chi connectivity index (χ4v) is 2.01. The zero-order chi connectivity index (χ0) is 16.3. The molecule has 5 nitrogen and oxygen atoms in total. The number of aryl methyl sites for hydroxylation is 1. The van der Waals surface area contributed by atoms with E-state index >= 15 is 0 Å². The Morgan fingerprint density at radius 2 is 2.18 bits per heavy atom. The van der Waals surface area contributed by atoms with Crippen LogP contribution in [0.1, 0.15) is 18.5 Å². The summed E-state index contributed by atoms with van der Waals surface area (Å²) in [5, 5.41) is 6.70. The molecule has 1 heterocycles. The lowest BCUT2D eigenvalue weighted by Crippen LogP contribution is -2.24. The van der Waals surface area contributed by atoms with Gasteiger partial charge in [-0.1, -0.05) is 11.6 Å². The highest BCUT2D eigenvalue weighted by molar-refractivity contribution is 6.32. The first kappa shape index (κ1) is 16.2. The molecule has 0 aliphatic carbocycles. The molecule has 0 aliphatic rings. The quantitative estimate of drug-likeness (QED) is 0.911. The van der Waals surface area contributed by atoms with Crippen molar-refractivity contribution >= 4 is 23.2 Å². The van der Waals surface area contributed by atoms with Crippen LogP contribution in [0, 0.1) is 6.92 Å². The van der Waals surface area contributed by atoms with E-state index < -0.39 is 12.7 Å². The average molecular weight is 330 g/mol. The molecule has 2 aromatic rings. The fraction of sp³-hybridized carbons (Fsp3) is 0.286. The van der Waals surface area contributed by atoms with Gasteiger partial charge in [0.25, 0.3) is 0 Å². The molecule has 0 spiro atoms. The highest BCUT2D eigenvalue weighted by atomic mass is 35.5. The third kappa shape index (κ3) is 3.94. The first-order valence-corrected chi connectivity index (χ1v) is 6.80. The van der Waals surface area contributed by atoms with E-state index in [1.54, 1.807) is 19.3 Å². The smallest absolute Gasteiger partial charge is 0.387 e. The molecule has 0 radical (unpaired) electrons. The molecule has 1 atom stereocenters. The third-order valence-corrected chi connectivity index (χ3v) is 3.22. The standard InChI is InChI=1S/C14H14ClF2N3O2/c1-8-6-18-20(7-8)9(2)13(21)19-10-3-4-12(11(15)5-10)22-14(16)17/h3-7,9,14H,1-2H3,(H,19,21). The van der Waals surface area contributed by atoms with Crippen LogP contribution in [-0.2, 0) is 4.79 Å². The SMILES string of the molecule is Cc1cnn(C(C)C(=O)Nc2ccc(OC(F)F)c(Cl)c2)c1. The predicted octanol–water partition coefficient (Wildman–Crippen LogP) is 3.65. The number of nitrogens with zero attached hydrogens (tertiary/aromatic N) is 2. The summed E-state index contributed by atoms with van der Waals surface area (Å²) in [4.78, 5) is 12.1. The minimum absolute atomic E-state index is 0.0133. The minimum Gasteiger partial charge on any atom is -0.433 e. The van der Waals surface area contributed by atoms with Gasteiger partial charge in [0.2, 0.25) is 5.91 Å². The van der Waals surface area contributed by atoms with Gasteiger partial charge in [0, 0.05) is 11.9 Å². The average Bonchev–Trinajstić information content (AvgIpc) is 2.87. The Balaban J connectivity index is 2.07. The molecule has 1 aromatic heterocycles. The van der Waals surface area contributed by atoms with Crippen LogP contribution in [0.3, 0.4) is 0 Å². The number of carbonyl (C=O) groups excluding carboxylic acids is 1. The lowest BCUT2D eigenvalue weighted by Gasteiger charge is -2.14. The van der Waals surface area contributed by atoms with Crippen molar-refractivity contribution in [3.63, 3.8) is 0 Å². The van der Waals surface area contributed by atoms with Crippen LogP contribution in [0.2, 0.25) is 5.02 Å². The molecule has 22 heavy (non-hydrogen) atoms. The predicted molar refractivity (Wildman–Crippen MR) is 78.4 cm³/mol. The number of rotatable bonds is 5. The van der Waals surface area contributed by atoms with Crippen LogP contribution < -0.4 is 10.1 Å². The van der Waals surface area contributed by atoms with Crippen molar-refractivity contribution in [3.05, 3.63) is 41.2 Å². The fourth-order valence-electron chi connectivity index (χ4n) is 1.78. The number of alkyl halides is 2. The minimum atomic E-state index is -2.96. The summed E-state index contributed by atoms with van der Waals surface area (Å²) in [6, 6.07) is 3.53. The van der Waals surface area contributed by atoms with Crippen LogP contribution in [0.15, 0.2) is 30.6 Å². The normalized spacial score (nSPS) is 12.3. The number of amides is 1. The van der Waals surface area contributed by atoms with Gasteiger partial charge >= 0.3 is 6.61 Å². The Hall–Kier alpha value is -2.15. The molecular formula is C14H14ClF2N3O2. The number of halogens is 3. The Morgan fingerprint density at radius 1 is 1.45 bits per heavy atom. The molecule has 0 fully saturated rings. The number of carbonyl (C=O) groups is 1. The zero-order valence-corrected chi connectivity index (χ0v) is 12.6. The maximum atomic E-state index is 12.1. The number of anilines is 1. The summed E-state index contributed by atoms with van der Waals surface area (Å²) in [5.41, 5.74) is 1.32. The summed E-state index contributed by atoms with van der Waals surface area (Å²) in [6.45, 7) is 0.605. The van der Waals surface area contributed by atoms with E-state index in [0.29, 0.717) is 5.69 Å². The van der Waals surface area contributed by atoms with Gasteiger partial charge in [0.05, 0.1) is 11.2 Å². The maximum absolute atomic E-state index is 12.1. The Bertz CT molecular complexity index is 676. The number of ether oxygens (including phenoxy) is 1. The summed E-state index contributed by atoms with van der Waals surface area (Å²) in [5.74, 6) is -0.452. The lowest BCUT2D eigenvalue weighted by atomic mass is 10.2. The van der Waals surface area contributed by atoms with Crippen molar-refractivity contribution in [1.29, 1.82) is 0 Å². The number of hydrogen-bond acceptors (Lipinski definition) is 3. The van der Waals surface area contributed by atoms with Gasteiger partial charge < -0.3 is 10.1 Å². The molecule has 0 aliphatic heterocycles. The molecule has 1 aromatic carbocycles. The molecule has 0 saturated heterocycles.